The number of aliphatic carboxylic acids is 1. The van der Waals surface area contributed by atoms with E-state index in [4.69, 9.17) is 9.84 Å². The second-order valence-corrected chi connectivity index (χ2v) is 6.63. The highest BCUT2D eigenvalue weighted by atomic mass is 16.5. The molecule has 0 unspecified atom stereocenters. The Morgan fingerprint density at radius 3 is 2.26 bits per heavy atom. The third-order valence-electron chi connectivity index (χ3n) is 3.75. The van der Waals surface area contributed by atoms with Gasteiger partial charge in [-0.3, -0.25) is 4.79 Å². The Kier molecular flexibility index (Phi) is 3.57. The van der Waals surface area contributed by atoms with E-state index in [0.29, 0.717) is 6.61 Å². The molecule has 0 spiro atoms. The highest BCUT2D eigenvalue weighted by Crippen LogP contribution is 2.49. The van der Waals surface area contributed by atoms with Crippen molar-refractivity contribution in [1.82, 2.24) is 0 Å². The third kappa shape index (κ3) is 3.72. The van der Waals surface area contributed by atoms with Gasteiger partial charge in [-0.25, -0.2) is 0 Å². The van der Waals surface area contributed by atoms with Crippen LogP contribution in [0.4, 0.5) is 0 Å². The normalized spacial score (nSPS) is 17.0. The maximum atomic E-state index is 10.8. The van der Waals surface area contributed by atoms with Crippen molar-refractivity contribution < 1.29 is 14.6 Å². The van der Waals surface area contributed by atoms with Gasteiger partial charge in [0.25, 0.3) is 0 Å². The second-order valence-electron chi connectivity index (χ2n) is 6.63. The van der Waals surface area contributed by atoms with Crippen LogP contribution in [0.15, 0.2) is 24.3 Å². The van der Waals surface area contributed by atoms with Crippen LogP contribution in [0, 0.1) is 5.41 Å². The van der Waals surface area contributed by atoms with Crippen molar-refractivity contribution in [2.24, 2.45) is 5.41 Å². The summed E-state index contributed by atoms with van der Waals surface area (Å²) < 4.78 is 5.74. The number of ether oxygens (including phenoxy) is 1. The van der Waals surface area contributed by atoms with Gasteiger partial charge in [0.2, 0.25) is 0 Å². The van der Waals surface area contributed by atoms with Gasteiger partial charge in [0.15, 0.2) is 0 Å². The fraction of sp³-hybridized carbons (Fsp3) is 0.562. The van der Waals surface area contributed by atoms with Crippen molar-refractivity contribution >= 4 is 5.97 Å². The molecule has 1 aliphatic carbocycles. The molecule has 0 saturated heterocycles. The molecule has 1 aromatic rings. The van der Waals surface area contributed by atoms with Crippen molar-refractivity contribution in [1.29, 1.82) is 0 Å². The van der Waals surface area contributed by atoms with Crippen LogP contribution in [0.1, 0.15) is 45.6 Å². The van der Waals surface area contributed by atoms with Crippen LogP contribution in [-0.2, 0) is 10.2 Å². The molecule has 3 nitrogen and oxygen atoms in total. The first kappa shape index (κ1) is 13.9. The molecule has 1 saturated carbocycles. The maximum Gasteiger partial charge on any atom is 0.304 e. The Morgan fingerprint density at radius 1 is 1.26 bits per heavy atom. The fourth-order valence-corrected chi connectivity index (χ4v) is 2.16. The number of benzene rings is 1. The molecule has 0 amide bonds. The van der Waals surface area contributed by atoms with E-state index >= 15 is 0 Å². The Bertz CT molecular complexity index is 450. The second kappa shape index (κ2) is 4.87. The summed E-state index contributed by atoms with van der Waals surface area (Å²) in [4.78, 5) is 10.8. The molecule has 1 aliphatic rings. The minimum absolute atomic E-state index is 0.117. The first-order chi connectivity index (χ1) is 8.81. The minimum Gasteiger partial charge on any atom is -0.493 e. The molecule has 0 atom stereocenters. The maximum absolute atomic E-state index is 10.8. The van der Waals surface area contributed by atoms with Gasteiger partial charge >= 0.3 is 5.97 Å². The lowest BCUT2D eigenvalue weighted by Crippen LogP contribution is -2.17. The molecule has 0 aliphatic heterocycles. The van der Waals surface area contributed by atoms with Crippen molar-refractivity contribution in [3.63, 3.8) is 0 Å². The first-order valence-corrected chi connectivity index (χ1v) is 6.76. The van der Waals surface area contributed by atoms with Gasteiger partial charge in [0, 0.05) is 5.41 Å². The van der Waals surface area contributed by atoms with Crippen molar-refractivity contribution in [3.8, 4) is 5.75 Å². The predicted octanol–water partition coefficient (Wildman–Crippen LogP) is 3.62. The van der Waals surface area contributed by atoms with Crippen LogP contribution < -0.4 is 4.74 Å². The van der Waals surface area contributed by atoms with Crippen molar-refractivity contribution in [3.05, 3.63) is 29.8 Å². The van der Waals surface area contributed by atoms with Gasteiger partial charge < -0.3 is 9.84 Å². The average molecular weight is 262 g/mol. The summed E-state index contributed by atoms with van der Waals surface area (Å²) in [6, 6.07) is 8.09. The highest BCUT2D eigenvalue weighted by molar-refractivity contribution is 5.68. The zero-order valence-corrected chi connectivity index (χ0v) is 11.9. The summed E-state index contributed by atoms with van der Waals surface area (Å²) >= 11 is 0. The Labute approximate surface area is 114 Å². The number of carbonyl (C=O) groups is 1. The predicted molar refractivity (Wildman–Crippen MR) is 74.6 cm³/mol. The van der Waals surface area contributed by atoms with Gasteiger partial charge in [-0.2, -0.15) is 0 Å². The van der Waals surface area contributed by atoms with Gasteiger partial charge in [-0.1, -0.05) is 32.9 Å². The standard InChI is InChI=1S/C16H22O3/c1-15(2,3)12-4-6-13(7-5-12)19-11-16(8-9-16)10-14(17)18/h4-7H,8-11H2,1-3H3,(H,17,18). The highest BCUT2D eigenvalue weighted by Gasteiger charge is 2.45. The van der Waals surface area contributed by atoms with Gasteiger partial charge in [-0.05, 0) is 36.0 Å². The quantitative estimate of drug-likeness (QED) is 0.881. The largest absolute Gasteiger partial charge is 0.493 e. The molecular formula is C16H22O3. The molecule has 19 heavy (non-hydrogen) atoms. The van der Waals surface area contributed by atoms with Crippen LogP contribution >= 0.6 is 0 Å². The van der Waals surface area contributed by atoms with Crippen molar-refractivity contribution in [2.45, 2.75) is 45.4 Å². The molecule has 3 heteroatoms. The molecule has 0 bridgehead atoms. The smallest absolute Gasteiger partial charge is 0.304 e. The van der Waals surface area contributed by atoms with Crippen LogP contribution in [0.25, 0.3) is 0 Å². The number of carboxylic acid groups (broad SMARTS) is 1. The molecule has 1 N–H and O–H groups in total. The number of hydrogen-bond acceptors (Lipinski definition) is 2. The van der Waals surface area contributed by atoms with E-state index in [2.05, 4.69) is 32.9 Å². The summed E-state index contributed by atoms with van der Waals surface area (Å²) in [7, 11) is 0. The van der Waals surface area contributed by atoms with E-state index in [0.717, 1.165) is 18.6 Å². The summed E-state index contributed by atoms with van der Waals surface area (Å²) in [6.45, 7) is 7.03. The number of carboxylic acids is 1. The summed E-state index contributed by atoms with van der Waals surface area (Å²) in [6.07, 6.45) is 2.13. The van der Waals surface area contributed by atoms with Gasteiger partial charge in [0.1, 0.15) is 5.75 Å². The van der Waals surface area contributed by atoms with Gasteiger partial charge in [0.05, 0.1) is 13.0 Å². The Hall–Kier alpha value is -1.51. The molecule has 104 valence electrons. The van der Waals surface area contributed by atoms with Crippen LogP contribution in [0.2, 0.25) is 0 Å². The zero-order valence-electron chi connectivity index (χ0n) is 11.9. The number of hydrogen-bond donors (Lipinski definition) is 1. The van der Waals surface area contributed by atoms with Crippen LogP contribution in [0.5, 0.6) is 5.75 Å². The minimum atomic E-state index is -0.732. The third-order valence-corrected chi connectivity index (χ3v) is 3.75. The van der Waals surface area contributed by atoms with Gasteiger partial charge in [-0.15, -0.1) is 0 Å². The van der Waals surface area contributed by atoms with E-state index in [1.54, 1.807) is 0 Å². The lowest BCUT2D eigenvalue weighted by molar-refractivity contribution is -0.138. The summed E-state index contributed by atoms with van der Waals surface area (Å²) in [5.74, 6) is 0.0915. The molecule has 2 rings (SSSR count). The molecule has 0 aromatic heterocycles. The lowest BCUT2D eigenvalue weighted by Gasteiger charge is -2.20. The monoisotopic (exact) mass is 262 g/mol. The number of rotatable bonds is 5. The molecule has 0 heterocycles. The molecular weight excluding hydrogens is 240 g/mol. The fourth-order valence-electron chi connectivity index (χ4n) is 2.16. The van der Waals surface area contributed by atoms with Crippen LogP contribution in [-0.4, -0.2) is 17.7 Å². The van der Waals surface area contributed by atoms with E-state index in [9.17, 15) is 4.79 Å². The van der Waals surface area contributed by atoms with E-state index < -0.39 is 5.97 Å². The van der Waals surface area contributed by atoms with Crippen LogP contribution in [0.3, 0.4) is 0 Å². The summed E-state index contributed by atoms with van der Waals surface area (Å²) in [5.41, 5.74) is 1.29. The average Bonchev–Trinajstić information content (AvgIpc) is 3.05. The van der Waals surface area contributed by atoms with E-state index in [1.165, 1.54) is 5.56 Å². The van der Waals surface area contributed by atoms with E-state index in [1.807, 2.05) is 12.1 Å². The zero-order chi connectivity index (χ0) is 14.1. The Morgan fingerprint density at radius 2 is 1.84 bits per heavy atom. The topological polar surface area (TPSA) is 46.5 Å². The first-order valence-electron chi connectivity index (χ1n) is 6.76. The Balaban J connectivity index is 1.92. The molecule has 0 radical (unpaired) electrons. The SMILES string of the molecule is CC(C)(C)c1ccc(OCC2(CC(=O)O)CC2)cc1. The lowest BCUT2D eigenvalue weighted by atomic mass is 9.87. The van der Waals surface area contributed by atoms with E-state index in [-0.39, 0.29) is 17.3 Å². The molecule has 1 fully saturated rings. The van der Waals surface area contributed by atoms with Crippen molar-refractivity contribution in [2.75, 3.05) is 6.61 Å². The molecule has 1 aromatic carbocycles. The summed E-state index contributed by atoms with van der Waals surface area (Å²) in [5, 5.41) is 8.86.